The number of anilines is 1. The molecule has 0 aliphatic carbocycles. The van der Waals surface area contributed by atoms with E-state index in [2.05, 4.69) is 45.3 Å². The molecule has 0 unspecified atom stereocenters. The minimum atomic E-state index is -0.141. The van der Waals surface area contributed by atoms with Crippen molar-refractivity contribution in [1.29, 1.82) is 0 Å². The molecule has 1 aromatic carbocycles. The quantitative estimate of drug-likeness (QED) is 0.787. The van der Waals surface area contributed by atoms with Gasteiger partial charge in [-0.15, -0.1) is 0 Å². The highest BCUT2D eigenvalue weighted by Crippen LogP contribution is 2.33. The van der Waals surface area contributed by atoms with Gasteiger partial charge in [0.15, 0.2) is 0 Å². The molecular formula is C17H17BrClN3O. The largest absolute Gasteiger partial charge is 0.322 e. The number of hydrogen-bond donors (Lipinski definition) is 1. The number of urea groups is 1. The number of aromatic nitrogens is 1. The summed E-state index contributed by atoms with van der Waals surface area (Å²) in [6.07, 6.45) is 4.12. The van der Waals surface area contributed by atoms with E-state index >= 15 is 0 Å². The first kappa shape index (κ1) is 16.3. The van der Waals surface area contributed by atoms with Crippen molar-refractivity contribution in [2.75, 3.05) is 11.9 Å². The Balaban J connectivity index is 1.72. The summed E-state index contributed by atoms with van der Waals surface area (Å²) in [7, 11) is 0. The average molecular weight is 395 g/mol. The number of likely N-dealkylation sites (tertiary alicyclic amines) is 1. The van der Waals surface area contributed by atoms with Crippen LogP contribution in [-0.2, 0) is 0 Å². The van der Waals surface area contributed by atoms with E-state index in [0.717, 1.165) is 6.42 Å². The molecule has 120 valence electrons. The highest BCUT2D eigenvalue weighted by molar-refractivity contribution is 9.10. The fraction of sp³-hybridized carbons (Fsp3) is 0.294. The number of pyridine rings is 1. The van der Waals surface area contributed by atoms with Gasteiger partial charge in [-0.1, -0.05) is 41.9 Å². The molecule has 1 saturated heterocycles. The molecule has 1 aliphatic heterocycles. The fourth-order valence-electron chi connectivity index (χ4n) is 2.97. The van der Waals surface area contributed by atoms with Crippen LogP contribution in [-0.4, -0.2) is 28.5 Å². The third-order valence-electron chi connectivity index (χ3n) is 4.19. The summed E-state index contributed by atoms with van der Waals surface area (Å²) in [5.41, 5.74) is 1.79. The van der Waals surface area contributed by atoms with Crippen molar-refractivity contribution in [2.24, 2.45) is 0 Å². The number of amides is 2. The van der Waals surface area contributed by atoms with Gasteiger partial charge in [0.1, 0.15) is 0 Å². The van der Waals surface area contributed by atoms with Crippen molar-refractivity contribution >= 4 is 39.2 Å². The van der Waals surface area contributed by atoms with Crippen molar-refractivity contribution in [3.05, 3.63) is 57.8 Å². The van der Waals surface area contributed by atoms with Crippen LogP contribution in [0, 0.1) is 0 Å². The van der Waals surface area contributed by atoms with E-state index in [1.54, 1.807) is 12.4 Å². The van der Waals surface area contributed by atoms with E-state index < -0.39 is 0 Å². The first-order valence-electron chi connectivity index (χ1n) is 7.48. The molecule has 2 amide bonds. The predicted molar refractivity (Wildman–Crippen MR) is 95.9 cm³/mol. The van der Waals surface area contributed by atoms with Crippen LogP contribution in [0.3, 0.4) is 0 Å². The molecule has 2 aromatic rings. The zero-order valence-corrected chi connectivity index (χ0v) is 15.0. The molecule has 0 radical (unpaired) electrons. The molecule has 23 heavy (non-hydrogen) atoms. The monoisotopic (exact) mass is 393 g/mol. The van der Waals surface area contributed by atoms with Gasteiger partial charge < -0.3 is 10.2 Å². The molecule has 6 heteroatoms. The number of nitrogens with zero attached hydrogens (tertiary/aromatic N) is 2. The Bertz CT molecular complexity index is 710. The first-order valence-corrected chi connectivity index (χ1v) is 8.65. The molecule has 1 fully saturated rings. The van der Waals surface area contributed by atoms with Gasteiger partial charge in [0.25, 0.3) is 0 Å². The number of carbonyl (C=O) groups is 1. The van der Waals surface area contributed by atoms with Crippen molar-refractivity contribution in [3.8, 4) is 0 Å². The minimum Gasteiger partial charge on any atom is -0.321 e. The van der Waals surface area contributed by atoms with Gasteiger partial charge in [-0.2, -0.15) is 0 Å². The molecule has 0 spiro atoms. The molecular weight excluding hydrogens is 378 g/mol. The fourth-order valence-corrected chi connectivity index (χ4v) is 3.45. The van der Waals surface area contributed by atoms with Gasteiger partial charge in [0.05, 0.1) is 21.4 Å². The lowest BCUT2D eigenvalue weighted by Crippen LogP contribution is -2.37. The summed E-state index contributed by atoms with van der Waals surface area (Å²) in [4.78, 5) is 18.5. The predicted octanol–water partition coefficient (Wildman–Crippen LogP) is 4.91. The van der Waals surface area contributed by atoms with Crippen molar-refractivity contribution in [3.63, 3.8) is 0 Å². The van der Waals surface area contributed by atoms with Crippen LogP contribution in [0.15, 0.2) is 47.2 Å². The summed E-state index contributed by atoms with van der Waals surface area (Å²) < 4.78 is 0.661. The maximum atomic E-state index is 12.6. The third-order valence-corrected chi connectivity index (χ3v) is 5.42. The second-order valence-corrected chi connectivity index (χ2v) is 6.99. The Hall–Kier alpha value is -1.59. The summed E-state index contributed by atoms with van der Waals surface area (Å²) >= 11 is 9.50. The van der Waals surface area contributed by atoms with Gasteiger partial charge >= 0.3 is 6.03 Å². The van der Waals surface area contributed by atoms with Crippen LogP contribution in [0.25, 0.3) is 0 Å². The lowest BCUT2D eigenvalue weighted by atomic mass is 9.97. The van der Waals surface area contributed by atoms with E-state index in [1.807, 2.05) is 23.1 Å². The Morgan fingerprint density at radius 3 is 2.83 bits per heavy atom. The standard InChI is InChI=1S/C17H17BrClN3O/c1-11-7-13(12-5-3-2-4-6-12)10-22(11)17(23)21-15-9-20-8-14(18)16(15)19/h2-6,8-9,11,13H,7,10H2,1H3,(H,21,23)/t11-,13+/m0/s1. The number of nitrogens with one attached hydrogen (secondary N) is 1. The Morgan fingerprint density at radius 2 is 2.09 bits per heavy atom. The highest BCUT2D eigenvalue weighted by atomic mass is 79.9. The molecule has 1 aromatic heterocycles. The molecule has 2 atom stereocenters. The van der Waals surface area contributed by atoms with E-state index in [0.29, 0.717) is 27.6 Å². The Labute approximate surface area is 149 Å². The number of halogens is 2. The average Bonchev–Trinajstić information content (AvgIpc) is 2.95. The summed E-state index contributed by atoms with van der Waals surface area (Å²) in [6, 6.07) is 10.4. The molecule has 3 rings (SSSR count). The summed E-state index contributed by atoms with van der Waals surface area (Å²) in [5, 5.41) is 3.32. The lowest BCUT2D eigenvalue weighted by Gasteiger charge is -2.22. The van der Waals surface area contributed by atoms with Crippen molar-refractivity contribution in [1.82, 2.24) is 9.88 Å². The minimum absolute atomic E-state index is 0.141. The van der Waals surface area contributed by atoms with E-state index in [4.69, 9.17) is 11.6 Å². The van der Waals surface area contributed by atoms with Gasteiger partial charge in [0.2, 0.25) is 0 Å². The Kier molecular flexibility index (Phi) is 4.87. The van der Waals surface area contributed by atoms with Crippen LogP contribution >= 0.6 is 27.5 Å². The number of carbonyl (C=O) groups excluding carboxylic acids is 1. The zero-order chi connectivity index (χ0) is 16.4. The smallest absolute Gasteiger partial charge is 0.321 e. The molecule has 4 nitrogen and oxygen atoms in total. The second-order valence-electron chi connectivity index (χ2n) is 5.76. The van der Waals surface area contributed by atoms with E-state index in [-0.39, 0.29) is 12.1 Å². The molecule has 1 N–H and O–H groups in total. The zero-order valence-electron chi connectivity index (χ0n) is 12.7. The van der Waals surface area contributed by atoms with Gasteiger partial charge in [-0.25, -0.2) is 4.79 Å². The van der Waals surface area contributed by atoms with E-state index in [1.165, 1.54) is 5.56 Å². The molecule has 0 saturated carbocycles. The molecule has 1 aliphatic rings. The number of hydrogen-bond acceptors (Lipinski definition) is 2. The van der Waals surface area contributed by atoms with Crippen molar-refractivity contribution < 1.29 is 4.79 Å². The van der Waals surface area contributed by atoms with Gasteiger partial charge in [-0.3, -0.25) is 4.98 Å². The van der Waals surface area contributed by atoms with Crippen LogP contribution in [0.1, 0.15) is 24.8 Å². The van der Waals surface area contributed by atoms with Crippen LogP contribution in [0.2, 0.25) is 5.02 Å². The highest BCUT2D eigenvalue weighted by Gasteiger charge is 2.33. The molecule has 0 bridgehead atoms. The Morgan fingerprint density at radius 1 is 1.35 bits per heavy atom. The number of rotatable bonds is 2. The number of benzene rings is 1. The van der Waals surface area contributed by atoms with Crippen LogP contribution in [0.4, 0.5) is 10.5 Å². The molecule has 2 heterocycles. The van der Waals surface area contributed by atoms with Gasteiger partial charge in [0, 0.05) is 24.7 Å². The normalized spacial score (nSPS) is 20.6. The third kappa shape index (κ3) is 3.51. The van der Waals surface area contributed by atoms with Crippen LogP contribution < -0.4 is 5.32 Å². The maximum absolute atomic E-state index is 12.6. The first-order chi connectivity index (χ1) is 11.1. The lowest BCUT2D eigenvalue weighted by molar-refractivity contribution is 0.209. The topological polar surface area (TPSA) is 45.2 Å². The van der Waals surface area contributed by atoms with Gasteiger partial charge in [-0.05, 0) is 34.8 Å². The second kappa shape index (κ2) is 6.89. The van der Waals surface area contributed by atoms with E-state index in [9.17, 15) is 4.79 Å². The van der Waals surface area contributed by atoms with Crippen LogP contribution in [0.5, 0.6) is 0 Å². The summed E-state index contributed by atoms with van der Waals surface area (Å²) in [5.74, 6) is 0.369. The summed E-state index contributed by atoms with van der Waals surface area (Å²) in [6.45, 7) is 2.78. The SMILES string of the molecule is C[C@H]1C[C@@H](c2ccccc2)CN1C(=O)Nc1cncc(Br)c1Cl. The maximum Gasteiger partial charge on any atom is 0.322 e. The van der Waals surface area contributed by atoms with Crippen molar-refractivity contribution in [2.45, 2.75) is 25.3 Å².